The Balaban J connectivity index is 2.26. The summed E-state index contributed by atoms with van der Waals surface area (Å²) in [5, 5.41) is 0.983. The second-order valence-corrected chi connectivity index (χ2v) is 7.91. The van der Waals surface area contributed by atoms with Gasteiger partial charge in [0.1, 0.15) is 0 Å². The van der Waals surface area contributed by atoms with Crippen molar-refractivity contribution in [2.45, 2.75) is 50.8 Å². The van der Waals surface area contributed by atoms with Crippen molar-refractivity contribution < 1.29 is 4.21 Å². The van der Waals surface area contributed by atoms with Gasteiger partial charge in [-0.3, -0.25) is 4.21 Å². The Bertz CT molecular complexity index is 462. The maximum Gasteiger partial charge on any atom is 0.0604 e. The van der Waals surface area contributed by atoms with Crippen molar-refractivity contribution >= 4 is 34.0 Å². The summed E-state index contributed by atoms with van der Waals surface area (Å²) in [6, 6.07) is 5.23. The maximum atomic E-state index is 12.2. The van der Waals surface area contributed by atoms with Crippen molar-refractivity contribution in [3.05, 3.63) is 28.2 Å². The molecule has 0 saturated heterocycles. The molecule has 0 aromatic heterocycles. The molecule has 0 aliphatic rings. The summed E-state index contributed by atoms with van der Waals surface area (Å²) in [6.45, 7) is 7.97. The van der Waals surface area contributed by atoms with E-state index < -0.39 is 10.8 Å². The summed E-state index contributed by atoms with van der Waals surface area (Å²) < 4.78 is 12.2. The minimum absolute atomic E-state index is 0.474. The Morgan fingerprint density at radius 2 is 1.64 bits per heavy atom. The van der Waals surface area contributed by atoms with Crippen molar-refractivity contribution in [3.63, 3.8) is 0 Å². The van der Waals surface area contributed by atoms with E-state index in [1.807, 2.05) is 0 Å². The molecule has 0 aliphatic heterocycles. The molecule has 0 saturated carbocycles. The third-order valence-corrected chi connectivity index (χ3v) is 5.72. The van der Waals surface area contributed by atoms with Crippen molar-refractivity contribution in [1.82, 2.24) is 4.90 Å². The van der Waals surface area contributed by atoms with Gasteiger partial charge < -0.3 is 4.90 Å². The zero-order valence-corrected chi connectivity index (χ0v) is 15.9. The number of hydrogen-bond acceptors (Lipinski definition) is 2. The van der Waals surface area contributed by atoms with Gasteiger partial charge in [-0.15, -0.1) is 0 Å². The molecular weight excluding hydrogens is 337 g/mol. The van der Waals surface area contributed by atoms with Gasteiger partial charge in [-0.25, -0.2) is 0 Å². The van der Waals surface area contributed by atoms with E-state index in [4.69, 9.17) is 23.2 Å². The molecule has 0 radical (unpaired) electrons. The van der Waals surface area contributed by atoms with Gasteiger partial charge in [0.25, 0.3) is 0 Å². The Hall–Kier alpha value is -0.0900. The highest BCUT2D eigenvalue weighted by molar-refractivity contribution is 7.85. The lowest BCUT2D eigenvalue weighted by molar-refractivity contribution is 0.269. The monoisotopic (exact) mass is 363 g/mol. The predicted octanol–water partition coefficient (Wildman–Crippen LogP) is 5.39. The minimum atomic E-state index is -0.980. The molecule has 126 valence electrons. The first-order valence-corrected chi connectivity index (χ1v) is 10.2. The van der Waals surface area contributed by atoms with Crippen LogP contribution >= 0.6 is 23.2 Å². The van der Waals surface area contributed by atoms with Crippen molar-refractivity contribution in [2.24, 2.45) is 0 Å². The van der Waals surface area contributed by atoms with Gasteiger partial charge in [0.2, 0.25) is 0 Å². The number of unbranched alkanes of at least 4 members (excludes halogenated alkanes) is 2. The average Bonchev–Trinajstić information content (AvgIpc) is 2.49. The smallest absolute Gasteiger partial charge is 0.0604 e. The molecule has 0 spiro atoms. The molecule has 0 fully saturated rings. The van der Waals surface area contributed by atoms with Crippen LogP contribution in [0.15, 0.2) is 23.1 Å². The zero-order chi connectivity index (χ0) is 16.4. The molecule has 1 atom stereocenters. The molecule has 0 amide bonds. The third kappa shape index (κ3) is 7.45. The molecule has 1 rings (SSSR count). The Morgan fingerprint density at radius 1 is 0.955 bits per heavy atom. The SMILES string of the molecule is CCCN(CCC)CCCCCS(=O)c1ccc(Cl)c(Cl)c1. The predicted molar refractivity (Wildman–Crippen MR) is 98.6 cm³/mol. The van der Waals surface area contributed by atoms with Gasteiger partial charge in [0.05, 0.1) is 20.8 Å². The van der Waals surface area contributed by atoms with E-state index in [0.29, 0.717) is 15.8 Å². The van der Waals surface area contributed by atoms with Crippen LogP contribution < -0.4 is 0 Å². The summed E-state index contributed by atoms with van der Waals surface area (Å²) in [6.07, 6.45) is 5.71. The van der Waals surface area contributed by atoms with Crippen LogP contribution in [-0.4, -0.2) is 34.5 Å². The Kier molecular flexibility index (Phi) is 10.4. The fraction of sp³-hybridized carbons (Fsp3) is 0.647. The standard InChI is InChI=1S/C17H27Cl2NOS/c1-3-10-20(11-4-2)12-6-5-7-13-22(21)15-8-9-16(18)17(19)14-15/h8-9,14H,3-7,10-13H2,1-2H3. The van der Waals surface area contributed by atoms with Crippen LogP contribution in [-0.2, 0) is 10.8 Å². The number of benzene rings is 1. The Labute approximate surface area is 147 Å². The second kappa shape index (κ2) is 11.4. The maximum absolute atomic E-state index is 12.2. The molecule has 0 bridgehead atoms. The highest BCUT2D eigenvalue weighted by atomic mass is 35.5. The molecule has 5 heteroatoms. The number of rotatable bonds is 11. The largest absolute Gasteiger partial charge is 0.303 e. The van der Waals surface area contributed by atoms with Crippen LogP contribution in [0.1, 0.15) is 46.0 Å². The van der Waals surface area contributed by atoms with E-state index in [1.54, 1.807) is 18.2 Å². The van der Waals surface area contributed by atoms with Crippen LogP contribution in [0.4, 0.5) is 0 Å². The molecule has 1 aromatic rings. The van der Waals surface area contributed by atoms with Gasteiger partial charge in [-0.1, -0.05) is 43.5 Å². The third-order valence-electron chi connectivity index (χ3n) is 3.54. The van der Waals surface area contributed by atoms with Crippen LogP contribution in [0.5, 0.6) is 0 Å². The van der Waals surface area contributed by atoms with E-state index in [2.05, 4.69) is 18.7 Å². The molecule has 0 N–H and O–H groups in total. The van der Waals surface area contributed by atoms with E-state index in [1.165, 1.54) is 32.4 Å². The quantitative estimate of drug-likeness (QED) is 0.491. The molecule has 22 heavy (non-hydrogen) atoms. The lowest BCUT2D eigenvalue weighted by Gasteiger charge is -2.20. The van der Waals surface area contributed by atoms with E-state index in [-0.39, 0.29) is 0 Å². The molecule has 0 heterocycles. The summed E-state index contributed by atoms with van der Waals surface area (Å²) in [7, 11) is -0.980. The lowest BCUT2D eigenvalue weighted by Crippen LogP contribution is -2.26. The van der Waals surface area contributed by atoms with Gasteiger partial charge in [0, 0.05) is 10.6 Å². The molecule has 0 aliphatic carbocycles. The first kappa shape index (κ1) is 20.0. The molecule has 2 nitrogen and oxygen atoms in total. The topological polar surface area (TPSA) is 20.3 Å². The van der Waals surface area contributed by atoms with Crippen LogP contribution in [0.2, 0.25) is 10.0 Å². The zero-order valence-electron chi connectivity index (χ0n) is 13.6. The summed E-state index contributed by atoms with van der Waals surface area (Å²) in [5.41, 5.74) is 0. The van der Waals surface area contributed by atoms with Gasteiger partial charge in [-0.2, -0.15) is 0 Å². The van der Waals surface area contributed by atoms with E-state index >= 15 is 0 Å². The van der Waals surface area contributed by atoms with Crippen LogP contribution in [0.3, 0.4) is 0 Å². The first-order chi connectivity index (χ1) is 10.6. The Morgan fingerprint density at radius 3 is 2.23 bits per heavy atom. The van der Waals surface area contributed by atoms with Crippen molar-refractivity contribution in [1.29, 1.82) is 0 Å². The van der Waals surface area contributed by atoms with Crippen molar-refractivity contribution in [2.75, 3.05) is 25.4 Å². The molecule has 1 aromatic carbocycles. The van der Waals surface area contributed by atoms with Gasteiger partial charge in [-0.05, 0) is 63.5 Å². The normalized spacial score (nSPS) is 12.8. The molecular formula is C17H27Cl2NOS. The lowest BCUT2D eigenvalue weighted by atomic mass is 10.2. The minimum Gasteiger partial charge on any atom is -0.303 e. The van der Waals surface area contributed by atoms with Crippen molar-refractivity contribution in [3.8, 4) is 0 Å². The molecule has 1 unspecified atom stereocenters. The summed E-state index contributed by atoms with van der Waals surface area (Å²) >= 11 is 11.8. The number of halogens is 2. The first-order valence-electron chi connectivity index (χ1n) is 8.14. The van der Waals surface area contributed by atoms with E-state index in [0.717, 1.165) is 24.3 Å². The second-order valence-electron chi connectivity index (χ2n) is 5.53. The summed E-state index contributed by atoms with van der Waals surface area (Å²) in [4.78, 5) is 3.30. The highest BCUT2D eigenvalue weighted by Crippen LogP contribution is 2.24. The van der Waals surface area contributed by atoms with Gasteiger partial charge >= 0.3 is 0 Å². The average molecular weight is 364 g/mol. The fourth-order valence-corrected chi connectivity index (χ4v) is 3.98. The van der Waals surface area contributed by atoms with Gasteiger partial charge in [0.15, 0.2) is 0 Å². The number of nitrogens with zero attached hydrogens (tertiary/aromatic N) is 1. The van der Waals surface area contributed by atoms with Crippen LogP contribution in [0, 0.1) is 0 Å². The van der Waals surface area contributed by atoms with E-state index in [9.17, 15) is 4.21 Å². The highest BCUT2D eigenvalue weighted by Gasteiger charge is 2.07. The summed E-state index contributed by atoms with van der Waals surface area (Å²) in [5.74, 6) is 0.694. The fourth-order valence-electron chi connectivity index (χ4n) is 2.45. The number of hydrogen-bond donors (Lipinski definition) is 0. The van der Waals surface area contributed by atoms with Crippen LogP contribution in [0.25, 0.3) is 0 Å².